The largest absolute Gasteiger partial charge is 0.462 e. The lowest BCUT2D eigenvalue weighted by Gasteiger charge is -2.63. The summed E-state index contributed by atoms with van der Waals surface area (Å²) in [4.78, 5) is 22.7. The first-order chi connectivity index (χ1) is 17.2. The summed E-state index contributed by atoms with van der Waals surface area (Å²) in [6.07, 6.45) is 4.54. The van der Waals surface area contributed by atoms with Crippen molar-refractivity contribution in [1.29, 1.82) is 0 Å². The predicted molar refractivity (Wildman–Crippen MR) is 138 cm³/mol. The maximum Gasteiger partial charge on any atom is 0.303 e. The number of carbonyl (C=O) groups is 2. The van der Waals surface area contributed by atoms with E-state index in [1.807, 2.05) is 6.08 Å². The standard InChI is InChI=1S/C29H48O8/c1-18(12-16-34-19(2)30)9-10-23-28(6)14-8-13-27(4,5)22(28)11-15-29(23,7)37-26-24(33)25(36-20(3)31)21(32)17-35-26/h12,21-26,32-33H,8-11,13-17H2,1-7H3. The van der Waals surface area contributed by atoms with Gasteiger partial charge in [-0.2, -0.15) is 0 Å². The summed E-state index contributed by atoms with van der Waals surface area (Å²) in [6, 6.07) is 0. The van der Waals surface area contributed by atoms with Gasteiger partial charge in [-0.3, -0.25) is 9.59 Å². The van der Waals surface area contributed by atoms with E-state index in [9.17, 15) is 19.8 Å². The monoisotopic (exact) mass is 524 g/mol. The van der Waals surface area contributed by atoms with Crippen LogP contribution >= 0.6 is 0 Å². The van der Waals surface area contributed by atoms with Gasteiger partial charge in [-0.1, -0.05) is 32.8 Å². The molecule has 0 amide bonds. The molecular weight excluding hydrogens is 476 g/mol. The molecule has 0 bridgehead atoms. The number of aliphatic hydroxyl groups excluding tert-OH is 2. The van der Waals surface area contributed by atoms with Crippen LogP contribution in [0.2, 0.25) is 0 Å². The van der Waals surface area contributed by atoms with Crippen molar-refractivity contribution in [3.63, 3.8) is 0 Å². The van der Waals surface area contributed by atoms with Crippen LogP contribution in [-0.2, 0) is 28.5 Å². The minimum Gasteiger partial charge on any atom is -0.462 e. The number of aliphatic hydroxyl groups is 2. The lowest BCUT2D eigenvalue weighted by Crippen LogP contribution is -2.62. The van der Waals surface area contributed by atoms with E-state index in [2.05, 4.69) is 34.6 Å². The number of hydrogen-bond acceptors (Lipinski definition) is 8. The van der Waals surface area contributed by atoms with Gasteiger partial charge in [0.2, 0.25) is 0 Å². The average molecular weight is 525 g/mol. The highest BCUT2D eigenvalue weighted by molar-refractivity contribution is 5.66. The van der Waals surface area contributed by atoms with Crippen molar-refractivity contribution in [2.24, 2.45) is 22.7 Å². The molecule has 0 aromatic heterocycles. The Balaban J connectivity index is 1.85. The molecule has 2 aliphatic carbocycles. The first-order valence-electron chi connectivity index (χ1n) is 13.8. The SMILES string of the molecule is CC(=O)OCC=C(C)CCC1C(C)(OC2OCC(O)C(OC(C)=O)C2O)CCC2C(C)(C)CCCC21C. The van der Waals surface area contributed by atoms with Gasteiger partial charge >= 0.3 is 11.9 Å². The van der Waals surface area contributed by atoms with Gasteiger partial charge in [0.25, 0.3) is 0 Å². The van der Waals surface area contributed by atoms with E-state index >= 15 is 0 Å². The van der Waals surface area contributed by atoms with Crippen LogP contribution in [0.1, 0.15) is 93.4 Å². The molecule has 3 aliphatic rings. The van der Waals surface area contributed by atoms with Crippen molar-refractivity contribution < 1.29 is 38.7 Å². The van der Waals surface area contributed by atoms with Crippen LogP contribution in [0.3, 0.4) is 0 Å². The molecule has 37 heavy (non-hydrogen) atoms. The van der Waals surface area contributed by atoms with Crippen LogP contribution in [0.5, 0.6) is 0 Å². The van der Waals surface area contributed by atoms with E-state index < -0.39 is 36.2 Å². The number of esters is 2. The Hall–Kier alpha value is -1.48. The molecule has 2 N–H and O–H groups in total. The summed E-state index contributed by atoms with van der Waals surface area (Å²) in [5.41, 5.74) is 0.859. The molecular formula is C29H48O8. The molecule has 8 heteroatoms. The molecule has 212 valence electrons. The first kappa shape index (κ1) is 30.1. The van der Waals surface area contributed by atoms with Crippen molar-refractivity contribution >= 4 is 11.9 Å². The molecule has 0 spiro atoms. The minimum absolute atomic E-state index is 0.0410. The van der Waals surface area contributed by atoms with Crippen molar-refractivity contribution in [3.05, 3.63) is 11.6 Å². The molecule has 3 rings (SSSR count). The van der Waals surface area contributed by atoms with Gasteiger partial charge in [0.05, 0.1) is 12.2 Å². The maximum absolute atomic E-state index is 11.6. The van der Waals surface area contributed by atoms with Gasteiger partial charge in [-0.05, 0) is 81.1 Å². The lowest BCUT2D eigenvalue weighted by molar-refractivity contribution is -0.324. The second-order valence-corrected chi connectivity index (χ2v) is 12.6. The van der Waals surface area contributed by atoms with Crippen molar-refractivity contribution in [2.45, 2.75) is 124 Å². The van der Waals surface area contributed by atoms with Gasteiger partial charge in [0, 0.05) is 13.8 Å². The third-order valence-corrected chi connectivity index (χ3v) is 9.40. The molecule has 2 saturated carbocycles. The fourth-order valence-electron chi connectivity index (χ4n) is 7.64. The molecule has 1 aliphatic heterocycles. The van der Waals surface area contributed by atoms with E-state index in [4.69, 9.17) is 18.9 Å². The van der Waals surface area contributed by atoms with Crippen molar-refractivity contribution in [2.75, 3.05) is 13.2 Å². The summed E-state index contributed by atoms with van der Waals surface area (Å²) in [5.74, 6) is -0.125. The molecule has 0 aromatic rings. The number of carbonyl (C=O) groups excluding carboxylic acids is 2. The van der Waals surface area contributed by atoms with Crippen LogP contribution in [0.25, 0.3) is 0 Å². The van der Waals surface area contributed by atoms with E-state index in [-0.39, 0.29) is 35.9 Å². The highest BCUT2D eigenvalue weighted by atomic mass is 16.7. The van der Waals surface area contributed by atoms with Gasteiger partial charge in [0.15, 0.2) is 12.4 Å². The number of allylic oxidation sites excluding steroid dienone is 1. The highest BCUT2D eigenvalue weighted by Crippen LogP contribution is 2.64. The summed E-state index contributed by atoms with van der Waals surface area (Å²) in [6.45, 7) is 14.2. The van der Waals surface area contributed by atoms with Crippen molar-refractivity contribution in [3.8, 4) is 0 Å². The molecule has 1 heterocycles. The molecule has 8 nitrogen and oxygen atoms in total. The Kier molecular flexibility index (Phi) is 9.53. The predicted octanol–water partition coefficient (Wildman–Crippen LogP) is 4.30. The summed E-state index contributed by atoms with van der Waals surface area (Å²) >= 11 is 0. The summed E-state index contributed by atoms with van der Waals surface area (Å²) < 4.78 is 22.8. The lowest BCUT2D eigenvalue weighted by atomic mass is 9.45. The topological polar surface area (TPSA) is 112 Å². The third kappa shape index (κ3) is 6.75. The highest BCUT2D eigenvalue weighted by Gasteiger charge is 2.59. The zero-order chi connectivity index (χ0) is 27.6. The Morgan fingerprint density at radius 1 is 1.03 bits per heavy atom. The van der Waals surface area contributed by atoms with Gasteiger partial charge in [-0.15, -0.1) is 0 Å². The number of rotatable bonds is 8. The number of hydrogen-bond donors (Lipinski definition) is 2. The van der Waals surface area contributed by atoms with E-state index in [0.717, 1.165) is 44.1 Å². The molecule has 0 radical (unpaired) electrons. The molecule has 0 aromatic carbocycles. The second-order valence-electron chi connectivity index (χ2n) is 12.6. The quantitative estimate of drug-likeness (QED) is 0.275. The van der Waals surface area contributed by atoms with Gasteiger partial charge < -0.3 is 29.2 Å². The fourth-order valence-corrected chi connectivity index (χ4v) is 7.64. The first-order valence-corrected chi connectivity index (χ1v) is 13.8. The minimum atomic E-state index is -1.29. The fraction of sp³-hybridized carbons (Fsp3) is 0.862. The van der Waals surface area contributed by atoms with Crippen LogP contribution in [0.15, 0.2) is 11.6 Å². The summed E-state index contributed by atoms with van der Waals surface area (Å²) in [5, 5.41) is 21.3. The number of ether oxygens (including phenoxy) is 4. The third-order valence-electron chi connectivity index (χ3n) is 9.40. The molecule has 8 atom stereocenters. The van der Waals surface area contributed by atoms with Crippen molar-refractivity contribution in [1.82, 2.24) is 0 Å². The number of fused-ring (bicyclic) bond motifs is 1. The summed E-state index contributed by atoms with van der Waals surface area (Å²) in [7, 11) is 0. The molecule has 8 unspecified atom stereocenters. The Morgan fingerprint density at radius 2 is 1.73 bits per heavy atom. The normalized spacial score (nSPS) is 40.0. The zero-order valence-corrected chi connectivity index (χ0v) is 23.7. The van der Waals surface area contributed by atoms with Gasteiger partial charge in [-0.25, -0.2) is 0 Å². The van der Waals surface area contributed by atoms with E-state index in [1.54, 1.807) is 0 Å². The Labute approximate surface area is 222 Å². The Bertz CT molecular complexity index is 853. The van der Waals surface area contributed by atoms with E-state index in [1.165, 1.54) is 20.3 Å². The Morgan fingerprint density at radius 3 is 2.38 bits per heavy atom. The zero-order valence-electron chi connectivity index (χ0n) is 23.7. The molecule has 1 saturated heterocycles. The molecule has 3 fully saturated rings. The maximum atomic E-state index is 11.6. The van der Waals surface area contributed by atoms with Crippen LogP contribution in [0, 0.1) is 22.7 Å². The average Bonchev–Trinajstić information content (AvgIpc) is 2.77. The van der Waals surface area contributed by atoms with Crippen LogP contribution < -0.4 is 0 Å². The van der Waals surface area contributed by atoms with Crippen LogP contribution in [-0.4, -0.2) is 65.6 Å². The van der Waals surface area contributed by atoms with Gasteiger partial charge in [0.1, 0.15) is 18.8 Å². The van der Waals surface area contributed by atoms with Crippen LogP contribution in [0.4, 0.5) is 0 Å². The smallest absolute Gasteiger partial charge is 0.303 e. The second kappa shape index (κ2) is 11.7. The van der Waals surface area contributed by atoms with E-state index in [0.29, 0.717) is 5.92 Å².